The average molecular weight is 370 g/mol. The van der Waals surface area contributed by atoms with E-state index in [0.717, 1.165) is 5.56 Å². The molecule has 1 N–H and O–H groups in total. The molecule has 27 heavy (non-hydrogen) atoms. The van der Waals surface area contributed by atoms with Crippen LogP contribution in [-0.2, 0) is 4.79 Å². The number of aryl methyl sites for hydroxylation is 1. The zero-order valence-corrected chi connectivity index (χ0v) is 16.1. The molecular weight excluding hydrogens is 344 g/mol. The quantitative estimate of drug-likeness (QED) is 0.870. The van der Waals surface area contributed by atoms with Crippen LogP contribution in [0.3, 0.4) is 0 Å². The van der Waals surface area contributed by atoms with E-state index >= 15 is 0 Å². The van der Waals surface area contributed by atoms with Crippen LogP contribution < -0.4 is 5.32 Å². The molecule has 7 heteroatoms. The van der Waals surface area contributed by atoms with E-state index in [4.69, 9.17) is 4.52 Å². The van der Waals surface area contributed by atoms with Gasteiger partial charge in [0, 0.05) is 37.8 Å². The second kappa shape index (κ2) is 8.35. The fourth-order valence-corrected chi connectivity index (χ4v) is 3.25. The lowest BCUT2D eigenvalue weighted by Gasteiger charge is -2.34. The number of rotatable bonds is 5. The van der Waals surface area contributed by atoms with E-state index in [9.17, 15) is 9.59 Å². The second-order valence-corrected chi connectivity index (χ2v) is 7.12. The fraction of sp³-hybridized carbons (Fsp3) is 0.450. The molecule has 1 aromatic heterocycles. The molecule has 0 bridgehead atoms. The summed E-state index contributed by atoms with van der Waals surface area (Å²) in [6.07, 6.45) is 0. The van der Waals surface area contributed by atoms with E-state index in [2.05, 4.69) is 15.4 Å². The number of carbonyl (C=O) groups excluding carboxylic acids is 2. The summed E-state index contributed by atoms with van der Waals surface area (Å²) in [6.45, 7) is 8.50. The van der Waals surface area contributed by atoms with Crippen LogP contribution in [0.2, 0.25) is 0 Å². The van der Waals surface area contributed by atoms with E-state index in [1.54, 1.807) is 6.92 Å². The molecule has 2 heterocycles. The zero-order valence-electron chi connectivity index (χ0n) is 16.1. The number of benzene rings is 1. The van der Waals surface area contributed by atoms with Gasteiger partial charge < -0.3 is 14.7 Å². The van der Waals surface area contributed by atoms with Crippen molar-refractivity contribution in [2.75, 3.05) is 32.7 Å². The fourth-order valence-electron chi connectivity index (χ4n) is 3.25. The van der Waals surface area contributed by atoms with Gasteiger partial charge >= 0.3 is 0 Å². The van der Waals surface area contributed by atoms with E-state index in [1.807, 2.05) is 49.1 Å². The van der Waals surface area contributed by atoms with Gasteiger partial charge in [0.2, 0.25) is 5.91 Å². The normalized spacial score (nSPS) is 15.2. The predicted octanol–water partition coefficient (Wildman–Crippen LogP) is 1.93. The highest BCUT2D eigenvalue weighted by atomic mass is 16.5. The Morgan fingerprint density at radius 2 is 1.81 bits per heavy atom. The van der Waals surface area contributed by atoms with Gasteiger partial charge in [0.05, 0.1) is 6.54 Å². The third kappa shape index (κ3) is 4.54. The minimum absolute atomic E-state index is 0.0195. The molecule has 1 saturated heterocycles. The maximum absolute atomic E-state index is 13.1. The highest BCUT2D eigenvalue weighted by Crippen LogP contribution is 2.26. The van der Waals surface area contributed by atoms with Crippen molar-refractivity contribution in [1.82, 2.24) is 20.3 Å². The van der Waals surface area contributed by atoms with Gasteiger partial charge in [-0.3, -0.25) is 14.5 Å². The van der Waals surface area contributed by atoms with E-state index in [0.29, 0.717) is 49.7 Å². The van der Waals surface area contributed by atoms with Crippen LogP contribution in [0, 0.1) is 6.92 Å². The Morgan fingerprint density at radius 1 is 1.15 bits per heavy atom. The number of amides is 2. The Hall–Kier alpha value is -2.67. The largest absolute Gasteiger partial charge is 0.360 e. The lowest BCUT2D eigenvalue weighted by atomic mass is 10.0. The van der Waals surface area contributed by atoms with Crippen LogP contribution in [0.15, 0.2) is 34.9 Å². The molecule has 0 saturated carbocycles. The maximum Gasteiger partial charge on any atom is 0.259 e. The topological polar surface area (TPSA) is 78.7 Å². The van der Waals surface area contributed by atoms with Gasteiger partial charge in [0.25, 0.3) is 5.91 Å². The number of nitrogens with one attached hydrogen (secondary N) is 1. The summed E-state index contributed by atoms with van der Waals surface area (Å²) in [5.74, 6) is 0.475. The molecule has 1 aliphatic heterocycles. The number of aromatic nitrogens is 1. The molecule has 1 aliphatic rings. The lowest BCUT2D eigenvalue weighted by Crippen LogP contribution is -2.51. The van der Waals surface area contributed by atoms with Crippen molar-refractivity contribution in [3.8, 4) is 11.3 Å². The molecule has 3 rings (SSSR count). The van der Waals surface area contributed by atoms with E-state index < -0.39 is 0 Å². The van der Waals surface area contributed by atoms with E-state index in [1.165, 1.54) is 0 Å². The summed E-state index contributed by atoms with van der Waals surface area (Å²) < 4.78 is 5.31. The van der Waals surface area contributed by atoms with Crippen LogP contribution in [0.25, 0.3) is 11.3 Å². The van der Waals surface area contributed by atoms with Crippen LogP contribution in [0.4, 0.5) is 0 Å². The standard InChI is InChI=1S/C20H26N4O3/c1-14(2)21-17(25)13-23-9-11-24(12-10-23)20(26)18-15(3)27-22-19(18)16-7-5-4-6-8-16/h4-8,14H,9-13H2,1-3H3,(H,21,25). The molecule has 0 atom stereocenters. The third-order valence-corrected chi connectivity index (χ3v) is 4.60. The van der Waals surface area contributed by atoms with Gasteiger partial charge in [-0.15, -0.1) is 0 Å². The number of piperazine rings is 1. The van der Waals surface area contributed by atoms with Crippen molar-refractivity contribution in [3.05, 3.63) is 41.7 Å². The van der Waals surface area contributed by atoms with Crippen molar-refractivity contribution in [2.45, 2.75) is 26.8 Å². The van der Waals surface area contributed by atoms with Crippen molar-refractivity contribution in [2.24, 2.45) is 0 Å². The molecule has 2 aromatic rings. The van der Waals surface area contributed by atoms with Gasteiger partial charge in [-0.05, 0) is 20.8 Å². The van der Waals surface area contributed by atoms with Gasteiger partial charge in [0.15, 0.2) is 0 Å². The first-order valence-corrected chi connectivity index (χ1v) is 9.28. The third-order valence-electron chi connectivity index (χ3n) is 4.60. The summed E-state index contributed by atoms with van der Waals surface area (Å²) in [4.78, 5) is 28.9. The van der Waals surface area contributed by atoms with Crippen molar-refractivity contribution in [1.29, 1.82) is 0 Å². The Kier molecular flexibility index (Phi) is 5.91. The monoisotopic (exact) mass is 370 g/mol. The molecular formula is C20H26N4O3. The minimum Gasteiger partial charge on any atom is -0.360 e. The maximum atomic E-state index is 13.1. The van der Waals surface area contributed by atoms with Gasteiger partial charge in [0.1, 0.15) is 17.0 Å². The Bertz CT molecular complexity index is 793. The van der Waals surface area contributed by atoms with Crippen LogP contribution in [-0.4, -0.2) is 65.5 Å². The van der Waals surface area contributed by atoms with Crippen LogP contribution in [0.5, 0.6) is 0 Å². The number of nitrogens with zero attached hydrogens (tertiary/aromatic N) is 3. The van der Waals surface area contributed by atoms with Crippen LogP contribution in [0.1, 0.15) is 30.0 Å². The molecule has 1 aromatic carbocycles. The van der Waals surface area contributed by atoms with Gasteiger partial charge in [-0.2, -0.15) is 0 Å². The lowest BCUT2D eigenvalue weighted by molar-refractivity contribution is -0.123. The predicted molar refractivity (Wildman–Crippen MR) is 102 cm³/mol. The summed E-state index contributed by atoms with van der Waals surface area (Å²) in [7, 11) is 0. The first-order valence-electron chi connectivity index (χ1n) is 9.28. The molecule has 7 nitrogen and oxygen atoms in total. The van der Waals surface area contributed by atoms with Gasteiger partial charge in [-0.1, -0.05) is 35.5 Å². The van der Waals surface area contributed by atoms with Crippen LogP contribution >= 0.6 is 0 Å². The Labute approximate surface area is 159 Å². The summed E-state index contributed by atoms with van der Waals surface area (Å²) in [6, 6.07) is 9.71. The van der Waals surface area contributed by atoms with Crippen molar-refractivity contribution >= 4 is 11.8 Å². The first kappa shape index (κ1) is 19.1. The molecule has 1 fully saturated rings. The smallest absolute Gasteiger partial charge is 0.259 e. The highest BCUT2D eigenvalue weighted by molar-refractivity contribution is 6.00. The summed E-state index contributed by atoms with van der Waals surface area (Å²) >= 11 is 0. The number of hydrogen-bond acceptors (Lipinski definition) is 5. The van der Waals surface area contributed by atoms with Gasteiger partial charge in [-0.25, -0.2) is 0 Å². The summed E-state index contributed by atoms with van der Waals surface area (Å²) in [5.41, 5.74) is 1.96. The molecule has 0 aliphatic carbocycles. The minimum atomic E-state index is -0.0705. The molecule has 144 valence electrons. The van der Waals surface area contributed by atoms with Crippen molar-refractivity contribution in [3.63, 3.8) is 0 Å². The molecule has 0 radical (unpaired) electrons. The highest BCUT2D eigenvalue weighted by Gasteiger charge is 2.29. The molecule has 0 spiro atoms. The molecule has 2 amide bonds. The second-order valence-electron chi connectivity index (χ2n) is 7.12. The average Bonchev–Trinajstić information content (AvgIpc) is 3.03. The Balaban J connectivity index is 1.65. The molecule has 0 unspecified atom stereocenters. The summed E-state index contributed by atoms with van der Waals surface area (Å²) in [5, 5.41) is 7.00. The zero-order chi connectivity index (χ0) is 19.4. The van der Waals surface area contributed by atoms with E-state index in [-0.39, 0.29) is 17.9 Å². The number of carbonyl (C=O) groups is 2. The number of hydrogen-bond donors (Lipinski definition) is 1. The SMILES string of the molecule is Cc1onc(-c2ccccc2)c1C(=O)N1CCN(CC(=O)NC(C)C)CC1. The first-order chi connectivity index (χ1) is 13.0. The Morgan fingerprint density at radius 3 is 2.44 bits per heavy atom. The van der Waals surface area contributed by atoms with Crippen molar-refractivity contribution < 1.29 is 14.1 Å².